The summed E-state index contributed by atoms with van der Waals surface area (Å²) in [6.07, 6.45) is 2.37. The Kier molecular flexibility index (Phi) is 5.11. The number of hydrogen-bond acceptors (Lipinski definition) is 2. The molecule has 1 N–H and O–H groups in total. The molecule has 17 heavy (non-hydrogen) atoms. The van der Waals surface area contributed by atoms with Crippen LogP contribution in [0.1, 0.15) is 18.4 Å². The largest absolute Gasteiger partial charge is 0.377 e. The number of ether oxygens (including phenoxy) is 1. The van der Waals surface area contributed by atoms with Crippen LogP contribution in [0.5, 0.6) is 0 Å². The molecule has 2 nitrogen and oxygen atoms in total. The Hall–Kier alpha value is -0.280. The van der Waals surface area contributed by atoms with Crippen LogP contribution in [0.3, 0.4) is 0 Å². The Morgan fingerprint density at radius 1 is 1.29 bits per heavy atom. The molecule has 0 radical (unpaired) electrons. The van der Waals surface area contributed by atoms with Crippen LogP contribution in [0.4, 0.5) is 0 Å². The minimum Gasteiger partial charge on any atom is -0.377 e. The van der Waals surface area contributed by atoms with E-state index in [-0.39, 0.29) is 0 Å². The van der Waals surface area contributed by atoms with Crippen molar-refractivity contribution in [3.63, 3.8) is 0 Å². The third-order valence-electron chi connectivity index (χ3n) is 3.14. The molecule has 2 rings (SSSR count). The Labute approximate surface area is 112 Å². The van der Waals surface area contributed by atoms with E-state index in [4.69, 9.17) is 27.9 Å². The first kappa shape index (κ1) is 13.2. The van der Waals surface area contributed by atoms with E-state index in [0.29, 0.717) is 16.7 Å². The fraction of sp³-hybridized carbons (Fsp3) is 0.538. The van der Waals surface area contributed by atoms with Gasteiger partial charge in [0.2, 0.25) is 0 Å². The van der Waals surface area contributed by atoms with Gasteiger partial charge in [-0.2, -0.15) is 0 Å². The summed E-state index contributed by atoms with van der Waals surface area (Å²) >= 11 is 12.1. The number of nitrogens with one attached hydrogen (secondary N) is 1. The zero-order valence-electron chi connectivity index (χ0n) is 9.72. The lowest BCUT2D eigenvalue weighted by Crippen LogP contribution is -2.10. The molecule has 1 heterocycles. The van der Waals surface area contributed by atoms with Gasteiger partial charge in [-0.05, 0) is 44.0 Å². The van der Waals surface area contributed by atoms with E-state index in [1.807, 2.05) is 18.2 Å². The fourth-order valence-electron chi connectivity index (χ4n) is 2.06. The number of halogens is 2. The lowest BCUT2D eigenvalue weighted by Gasteiger charge is -2.10. The Bertz CT molecular complexity index is 344. The maximum atomic E-state index is 6.06. The fourth-order valence-corrected chi connectivity index (χ4v) is 2.56. The van der Waals surface area contributed by atoms with E-state index >= 15 is 0 Å². The first-order chi connectivity index (χ1) is 8.27. The number of rotatable bonds is 5. The Balaban J connectivity index is 1.74. The summed E-state index contributed by atoms with van der Waals surface area (Å²) in [5, 5.41) is 4.71. The van der Waals surface area contributed by atoms with Gasteiger partial charge in [0.1, 0.15) is 0 Å². The van der Waals surface area contributed by atoms with Gasteiger partial charge in [0.25, 0.3) is 0 Å². The predicted molar refractivity (Wildman–Crippen MR) is 71.7 cm³/mol. The molecule has 1 fully saturated rings. The lowest BCUT2D eigenvalue weighted by molar-refractivity contribution is 0.109. The first-order valence-corrected chi connectivity index (χ1v) is 6.74. The van der Waals surface area contributed by atoms with Crippen molar-refractivity contribution in [1.29, 1.82) is 0 Å². The van der Waals surface area contributed by atoms with Gasteiger partial charge in [-0.25, -0.2) is 0 Å². The molecule has 1 saturated heterocycles. The van der Waals surface area contributed by atoms with E-state index in [0.717, 1.165) is 37.6 Å². The average Bonchev–Trinajstić information content (AvgIpc) is 2.80. The van der Waals surface area contributed by atoms with Crippen molar-refractivity contribution in [3.05, 3.63) is 33.8 Å². The molecule has 94 valence electrons. The molecule has 1 aromatic carbocycles. The van der Waals surface area contributed by atoms with Crippen molar-refractivity contribution in [3.8, 4) is 0 Å². The van der Waals surface area contributed by atoms with Gasteiger partial charge in [-0.1, -0.05) is 29.3 Å². The zero-order valence-corrected chi connectivity index (χ0v) is 11.2. The molecule has 1 aliphatic heterocycles. The SMILES string of the molecule is Clc1cccc(Cl)c1COCCC1CCNC1. The molecule has 0 aromatic heterocycles. The maximum Gasteiger partial charge on any atom is 0.0746 e. The van der Waals surface area contributed by atoms with E-state index in [1.54, 1.807) is 0 Å². The highest BCUT2D eigenvalue weighted by Crippen LogP contribution is 2.25. The van der Waals surface area contributed by atoms with Gasteiger partial charge in [-0.15, -0.1) is 0 Å². The van der Waals surface area contributed by atoms with E-state index < -0.39 is 0 Å². The van der Waals surface area contributed by atoms with Gasteiger partial charge in [0.05, 0.1) is 6.61 Å². The number of hydrogen-bond donors (Lipinski definition) is 1. The standard InChI is InChI=1S/C13H17Cl2NO/c14-12-2-1-3-13(15)11(12)9-17-7-5-10-4-6-16-8-10/h1-3,10,16H,4-9H2. The molecule has 1 atom stereocenters. The minimum atomic E-state index is 0.499. The zero-order chi connectivity index (χ0) is 12.1. The summed E-state index contributed by atoms with van der Waals surface area (Å²) in [7, 11) is 0. The van der Waals surface area contributed by atoms with Gasteiger partial charge in [0.15, 0.2) is 0 Å². The van der Waals surface area contributed by atoms with Crippen LogP contribution in [-0.4, -0.2) is 19.7 Å². The van der Waals surface area contributed by atoms with Crippen LogP contribution in [0.25, 0.3) is 0 Å². The van der Waals surface area contributed by atoms with E-state index in [1.165, 1.54) is 6.42 Å². The highest BCUT2D eigenvalue weighted by atomic mass is 35.5. The highest BCUT2D eigenvalue weighted by molar-refractivity contribution is 6.35. The minimum absolute atomic E-state index is 0.499. The van der Waals surface area contributed by atoms with Crippen LogP contribution in [0.15, 0.2) is 18.2 Å². The molecule has 4 heteroatoms. The van der Waals surface area contributed by atoms with Crippen molar-refractivity contribution in [2.75, 3.05) is 19.7 Å². The van der Waals surface area contributed by atoms with Crippen LogP contribution >= 0.6 is 23.2 Å². The number of benzene rings is 1. The van der Waals surface area contributed by atoms with Crippen LogP contribution in [0, 0.1) is 5.92 Å². The Morgan fingerprint density at radius 2 is 2.06 bits per heavy atom. The third-order valence-corrected chi connectivity index (χ3v) is 3.85. The molecule has 0 bridgehead atoms. The second-order valence-corrected chi connectivity index (χ2v) is 5.21. The van der Waals surface area contributed by atoms with E-state index in [2.05, 4.69) is 5.32 Å². The summed E-state index contributed by atoms with van der Waals surface area (Å²) in [5.41, 5.74) is 0.889. The monoisotopic (exact) mass is 273 g/mol. The summed E-state index contributed by atoms with van der Waals surface area (Å²) in [6.45, 7) is 3.53. The molecular weight excluding hydrogens is 257 g/mol. The van der Waals surface area contributed by atoms with Crippen molar-refractivity contribution in [2.45, 2.75) is 19.4 Å². The molecule has 1 aliphatic rings. The molecule has 1 aromatic rings. The topological polar surface area (TPSA) is 21.3 Å². The summed E-state index contributed by atoms with van der Waals surface area (Å²) in [6, 6.07) is 5.53. The van der Waals surface area contributed by atoms with Crippen molar-refractivity contribution >= 4 is 23.2 Å². The maximum absolute atomic E-state index is 6.06. The third kappa shape index (κ3) is 3.85. The molecule has 0 aliphatic carbocycles. The predicted octanol–water partition coefficient (Wildman–Crippen LogP) is 3.51. The van der Waals surface area contributed by atoms with Crippen LogP contribution in [-0.2, 0) is 11.3 Å². The second kappa shape index (κ2) is 6.60. The Morgan fingerprint density at radius 3 is 2.71 bits per heavy atom. The average molecular weight is 274 g/mol. The molecule has 0 saturated carbocycles. The van der Waals surface area contributed by atoms with E-state index in [9.17, 15) is 0 Å². The molecule has 0 spiro atoms. The second-order valence-electron chi connectivity index (χ2n) is 4.40. The molecule has 0 amide bonds. The normalized spacial score (nSPS) is 19.8. The van der Waals surface area contributed by atoms with Crippen molar-refractivity contribution in [1.82, 2.24) is 5.32 Å². The van der Waals surface area contributed by atoms with Crippen LogP contribution in [0.2, 0.25) is 10.0 Å². The highest BCUT2D eigenvalue weighted by Gasteiger charge is 2.14. The summed E-state index contributed by atoms with van der Waals surface area (Å²) in [4.78, 5) is 0. The van der Waals surface area contributed by atoms with Crippen LogP contribution < -0.4 is 5.32 Å². The summed E-state index contributed by atoms with van der Waals surface area (Å²) in [5.74, 6) is 0.761. The lowest BCUT2D eigenvalue weighted by atomic mass is 10.1. The quantitative estimate of drug-likeness (QED) is 0.830. The summed E-state index contributed by atoms with van der Waals surface area (Å²) < 4.78 is 5.65. The molecular formula is C13H17Cl2NO. The van der Waals surface area contributed by atoms with Crippen molar-refractivity contribution in [2.24, 2.45) is 5.92 Å². The smallest absolute Gasteiger partial charge is 0.0746 e. The van der Waals surface area contributed by atoms with Gasteiger partial charge < -0.3 is 10.1 Å². The van der Waals surface area contributed by atoms with Gasteiger partial charge in [-0.3, -0.25) is 0 Å². The molecule has 1 unspecified atom stereocenters. The van der Waals surface area contributed by atoms with Crippen molar-refractivity contribution < 1.29 is 4.74 Å². The van der Waals surface area contributed by atoms with Gasteiger partial charge in [0, 0.05) is 22.2 Å². The van der Waals surface area contributed by atoms with Gasteiger partial charge >= 0.3 is 0 Å². The first-order valence-electron chi connectivity index (χ1n) is 5.98.